The molecule has 5 rings (SSSR count). The Morgan fingerprint density at radius 1 is 0.860 bits per heavy atom. The van der Waals surface area contributed by atoms with Gasteiger partial charge in [0.2, 0.25) is 17.7 Å². The molecule has 1 saturated carbocycles. The van der Waals surface area contributed by atoms with Gasteiger partial charge in [-0.25, -0.2) is 4.79 Å². The van der Waals surface area contributed by atoms with Crippen molar-refractivity contribution >= 4 is 29.7 Å². The van der Waals surface area contributed by atoms with Crippen molar-refractivity contribution in [1.82, 2.24) is 15.5 Å². The third-order valence-corrected chi connectivity index (χ3v) is 8.87. The van der Waals surface area contributed by atoms with Gasteiger partial charge in [0, 0.05) is 19.4 Å². The summed E-state index contributed by atoms with van der Waals surface area (Å²) in [4.78, 5) is 67.3. The molecule has 3 aliphatic rings. The average Bonchev–Trinajstić information content (AvgIpc) is 3.78. The second kappa shape index (κ2) is 13.2. The van der Waals surface area contributed by atoms with Crippen molar-refractivity contribution in [3.05, 3.63) is 83.9 Å². The molecule has 2 fully saturated rings. The molecule has 10 nitrogen and oxygen atoms in total. The molecule has 3 N–H and O–H groups in total. The van der Waals surface area contributed by atoms with Gasteiger partial charge in [0.15, 0.2) is 0 Å². The summed E-state index contributed by atoms with van der Waals surface area (Å²) in [6.45, 7) is 0.345. The number of hydrogen-bond donors (Lipinski definition) is 3. The van der Waals surface area contributed by atoms with Crippen molar-refractivity contribution < 1.29 is 33.8 Å². The number of rotatable bonds is 11. The van der Waals surface area contributed by atoms with Crippen molar-refractivity contribution in [2.75, 3.05) is 13.7 Å². The number of benzene rings is 2. The van der Waals surface area contributed by atoms with Crippen molar-refractivity contribution in [1.29, 1.82) is 0 Å². The first-order valence-electron chi connectivity index (χ1n) is 14.7. The number of methoxy groups -OCH3 is 1. The van der Waals surface area contributed by atoms with Crippen LogP contribution in [0.15, 0.2) is 72.8 Å². The van der Waals surface area contributed by atoms with Gasteiger partial charge in [-0.15, -0.1) is 0 Å². The van der Waals surface area contributed by atoms with Crippen LogP contribution in [-0.4, -0.2) is 71.4 Å². The summed E-state index contributed by atoms with van der Waals surface area (Å²) in [5.41, 5.74) is 1.63. The molecule has 2 bridgehead atoms. The van der Waals surface area contributed by atoms with E-state index in [1.165, 1.54) is 12.0 Å². The number of amides is 3. The minimum atomic E-state index is -1.03. The molecule has 43 heavy (non-hydrogen) atoms. The van der Waals surface area contributed by atoms with Crippen LogP contribution in [-0.2, 0) is 41.6 Å². The van der Waals surface area contributed by atoms with E-state index in [1.807, 2.05) is 72.8 Å². The Hall–Kier alpha value is -4.47. The zero-order valence-electron chi connectivity index (χ0n) is 24.1. The van der Waals surface area contributed by atoms with Gasteiger partial charge in [-0.05, 0) is 42.2 Å². The van der Waals surface area contributed by atoms with Gasteiger partial charge >= 0.3 is 11.9 Å². The summed E-state index contributed by atoms with van der Waals surface area (Å²) in [6, 6.07) is 15.6. The molecule has 10 heteroatoms. The number of carbonyl (C=O) groups excluding carboxylic acids is 4. The molecule has 0 unspecified atom stereocenters. The first-order chi connectivity index (χ1) is 20.8. The first kappa shape index (κ1) is 30.0. The number of allylic oxidation sites excluding steroid dienone is 2. The van der Waals surface area contributed by atoms with Crippen LogP contribution in [0.25, 0.3) is 0 Å². The number of esters is 1. The molecule has 1 saturated heterocycles. The van der Waals surface area contributed by atoms with Crippen LogP contribution in [0.4, 0.5) is 0 Å². The van der Waals surface area contributed by atoms with Crippen LogP contribution in [0.2, 0.25) is 0 Å². The van der Waals surface area contributed by atoms with Crippen molar-refractivity contribution in [3.8, 4) is 0 Å². The number of hydrogen-bond acceptors (Lipinski definition) is 6. The van der Waals surface area contributed by atoms with Gasteiger partial charge in [-0.1, -0.05) is 72.8 Å². The van der Waals surface area contributed by atoms with Crippen molar-refractivity contribution in [2.45, 2.75) is 50.2 Å². The van der Waals surface area contributed by atoms with E-state index in [2.05, 4.69) is 10.6 Å². The highest BCUT2D eigenvalue weighted by atomic mass is 16.5. The smallest absolute Gasteiger partial charge is 0.328 e. The topological polar surface area (TPSA) is 142 Å². The Morgan fingerprint density at radius 2 is 1.44 bits per heavy atom. The number of likely N-dealkylation sites (tertiary alicyclic amines) is 1. The Balaban J connectivity index is 1.33. The van der Waals surface area contributed by atoms with E-state index in [0.717, 1.165) is 11.1 Å². The van der Waals surface area contributed by atoms with Crippen LogP contribution in [0, 0.1) is 23.7 Å². The number of fused-ring (bicyclic) bond motifs is 2. The SMILES string of the molecule is COC(=O)[C@H](Cc1ccccc1)NC(=O)[C@H](Cc1ccccc1)NC(=O)[C@@H]1CCCN1C(=O)[C@H]1[C@@H](C(=O)O)[C@H]2C=C[C@@H]1C2. The Labute approximate surface area is 250 Å². The average molecular weight is 588 g/mol. The highest BCUT2D eigenvalue weighted by molar-refractivity contribution is 5.95. The van der Waals surface area contributed by atoms with Gasteiger partial charge in [-0.3, -0.25) is 19.2 Å². The van der Waals surface area contributed by atoms with E-state index < -0.39 is 53.7 Å². The summed E-state index contributed by atoms with van der Waals surface area (Å²) >= 11 is 0. The predicted molar refractivity (Wildman–Crippen MR) is 156 cm³/mol. The van der Waals surface area contributed by atoms with Crippen LogP contribution < -0.4 is 10.6 Å². The Morgan fingerprint density at radius 3 is 2.02 bits per heavy atom. The molecule has 2 aromatic carbocycles. The zero-order chi connectivity index (χ0) is 30.5. The maximum absolute atomic E-state index is 13.7. The maximum Gasteiger partial charge on any atom is 0.328 e. The normalized spacial score (nSPS) is 25.1. The molecule has 0 radical (unpaired) electrons. The fourth-order valence-electron chi connectivity index (χ4n) is 6.77. The van der Waals surface area contributed by atoms with Crippen LogP contribution in [0.5, 0.6) is 0 Å². The molecule has 2 aliphatic carbocycles. The fraction of sp³-hybridized carbons (Fsp3) is 0.424. The number of aliphatic carboxylic acids is 1. The third kappa shape index (κ3) is 6.63. The fourth-order valence-corrected chi connectivity index (χ4v) is 6.77. The third-order valence-electron chi connectivity index (χ3n) is 8.87. The summed E-state index contributed by atoms with van der Waals surface area (Å²) in [5, 5.41) is 15.5. The molecular formula is C33H37N3O7. The molecule has 3 amide bonds. The van der Waals surface area contributed by atoms with E-state index in [1.54, 1.807) is 0 Å². The minimum absolute atomic E-state index is 0.153. The lowest BCUT2D eigenvalue weighted by Crippen LogP contribution is -2.57. The molecule has 0 spiro atoms. The lowest BCUT2D eigenvalue weighted by Gasteiger charge is -2.32. The molecule has 226 valence electrons. The number of carboxylic acid groups (broad SMARTS) is 1. The first-order valence-corrected chi connectivity index (χ1v) is 14.7. The lowest BCUT2D eigenvalue weighted by atomic mass is 9.82. The quantitative estimate of drug-likeness (QED) is 0.270. The molecule has 2 aromatic rings. The van der Waals surface area contributed by atoms with Gasteiger partial charge < -0.3 is 25.4 Å². The monoisotopic (exact) mass is 587 g/mol. The van der Waals surface area contributed by atoms with E-state index in [9.17, 15) is 29.1 Å². The molecule has 7 atom stereocenters. The summed E-state index contributed by atoms with van der Waals surface area (Å²) in [5.74, 6) is -4.80. The van der Waals surface area contributed by atoms with E-state index in [0.29, 0.717) is 25.8 Å². The maximum atomic E-state index is 13.7. The van der Waals surface area contributed by atoms with E-state index in [4.69, 9.17) is 4.74 Å². The van der Waals surface area contributed by atoms with E-state index in [-0.39, 0.29) is 30.6 Å². The zero-order valence-corrected chi connectivity index (χ0v) is 24.1. The molecule has 0 aromatic heterocycles. The van der Waals surface area contributed by atoms with Crippen LogP contribution in [0.1, 0.15) is 30.4 Å². The van der Waals surface area contributed by atoms with Crippen LogP contribution >= 0.6 is 0 Å². The highest BCUT2D eigenvalue weighted by Crippen LogP contribution is 2.49. The van der Waals surface area contributed by atoms with Gasteiger partial charge in [-0.2, -0.15) is 0 Å². The Bertz CT molecular complexity index is 1380. The number of ether oxygens (including phenoxy) is 1. The van der Waals surface area contributed by atoms with E-state index >= 15 is 0 Å². The number of nitrogens with zero attached hydrogens (tertiary/aromatic N) is 1. The second-order valence-corrected chi connectivity index (χ2v) is 11.6. The van der Waals surface area contributed by atoms with Crippen LogP contribution in [0.3, 0.4) is 0 Å². The summed E-state index contributed by atoms with van der Waals surface area (Å²) in [6.07, 6.45) is 5.80. The standard InChI is InChI=1S/C33H37N3O7/c1-43-33(42)25(18-21-11-6-3-7-12-21)35-29(37)24(17-20-9-4-2-5-10-20)34-30(38)26-13-8-16-36(26)31(39)27-22-14-15-23(19-22)28(27)32(40)41/h2-7,9-12,14-15,22-28H,8,13,16-19H2,1H3,(H,34,38)(H,35,37)(H,40,41)/t22-,23+,24+,25+,26+,27-,28+/m1/s1. The van der Waals surface area contributed by atoms with Crippen molar-refractivity contribution in [2.24, 2.45) is 23.7 Å². The Kier molecular flexibility index (Phi) is 9.23. The summed E-state index contributed by atoms with van der Waals surface area (Å²) in [7, 11) is 1.25. The number of carbonyl (C=O) groups is 5. The van der Waals surface area contributed by atoms with Crippen molar-refractivity contribution in [3.63, 3.8) is 0 Å². The number of carboxylic acids is 1. The predicted octanol–water partition coefficient (Wildman–Crippen LogP) is 2.13. The van der Waals surface area contributed by atoms with Gasteiger partial charge in [0.05, 0.1) is 18.9 Å². The van der Waals surface area contributed by atoms with Gasteiger partial charge in [0.25, 0.3) is 0 Å². The second-order valence-electron chi connectivity index (χ2n) is 11.6. The largest absolute Gasteiger partial charge is 0.481 e. The summed E-state index contributed by atoms with van der Waals surface area (Å²) < 4.78 is 4.95. The number of nitrogens with one attached hydrogen (secondary N) is 2. The lowest BCUT2D eigenvalue weighted by molar-refractivity contribution is -0.152. The molecule has 1 heterocycles. The highest BCUT2D eigenvalue weighted by Gasteiger charge is 2.54. The van der Waals surface area contributed by atoms with Gasteiger partial charge in [0.1, 0.15) is 18.1 Å². The molecular weight excluding hydrogens is 550 g/mol. The minimum Gasteiger partial charge on any atom is -0.481 e. The molecule has 1 aliphatic heterocycles.